The van der Waals surface area contributed by atoms with Gasteiger partial charge in [0.15, 0.2) is 9.84 Å². The number of ether oxygens (including phenoxy) is 1. The second-order valence-corrected chi connectivity index (χ2v) is 10.3. The van der Waals surface area contributed by atoms with Gasteiger partial charge in [-0.1, -0.05) is 6.07 Å². The summed E-state index contributed by atoms with van der Waals surface area (Å²) in [4.78, 5) is 29.1. The van der Waals surface area contributed by atoms with Crippen LogP contribution in [0.1, 0.15) is 29.6 Å². The fourth-order valence-electron chi connectivity index (χ4n) is 3.85. The van der Waals surface area contributed by atoms with Crippen LogP contribution in [0.2, 0.25) is 0 Å². The van der Waals surface area contributed by atoms with E-state index in [2.05, 4.69) is 0 Å². The third-order valence-electron chi connectivity index (χ3n) is 5.67. The van der Waals surface area contributed by atoms with Crippen LogP contribution in [0.5, 0.6) is 5.75 Å². The van der Waals surface area contributed by atoms with Crippen LogP contribution in [0.15, 0.2) is 53.4 Å². The van der Waals surface area contributed by atoms with Crippen LogP contribution < -0.4 is 4.74 Å². The number of nitrogens with zero attached hydrogens (tertiary/aromatic N) is 2. The van der Waals surface area contributed by atoms with Crippen molar-refractivity contribution >= 4 is 21.7 Å². The van der Waals surface area contributed by atoms with Crippen molar-refractivity contribution in [3.05, 3.63) is 59.9 Å². The first-order valence-corrected chi connectivity index (χ1v) is 12.8. The van der Waals surface area contributed by atoms with E-state index in [-0.39, 0.29) is 22.6 Å². The summed E-state index contributed by atoms with van der Waals surface area (Å²) >= 11 is 0. The summed E-state index contributed by atoms with van der Waals surface area (Å²) in [5, 5.41) is 0. The smallest absolute Gasteiger partial charge is 0.253 e. The number of sulfone groups is 1. The van der Waals surface area contributed by atoms with Gasteiger partial charge in [-0.2, -0.15) is 0 Å². The zero-order chi connectivity index (χ0) is 24.0. The van der Waals surface area contributed by atoms with Crippen molar-refractivity contribution in [2.75, 3.05) is 39.5 Å². The quantitative estimate of drug-likeness (QED) is 0.547. The van der Waals surface area contributed by atoms with Gasteiger partial charge in [0.1, 0.15) is 11.6 Å². The Bertz CT molecular complexity index is 1090. The molecule has 2 amide bonds. The highest BCUT2D eigenvalue weighted by atomic mass is 32.2. The third-order valence-corrected chi connectivity index (χ3v) is 6.78. The van der Waals surface area contributed by atoms with Gasteiger partial charge < -0.3 is 14.5 Å². The molecule has 0 spiro atoms. The first kappa shape index (κ1) is 24.7. The number of hydrogen-bond donors (Lipinski definition) is 0. The molecule has 1 atom stereocenters. The SMILES string of the molecule is CN(CCCOc1cccc(S(C)(=O)=O)c1)C(=O)C1CCCN(C(=O)c2ccc(F)cc2)C1. The van der Waals surface area contributed by atoms with Crippen LogP contribution >= 0.6 is 0 Å². The molecule has 2 aromatic carbocycles. The third kappa shape index (κ3) is 6.77. The second kappa shape index (κ2) is 10.8. The average Bonchev–Trinajstić information content (AvgIpc) is 2.81. The highest BCUT2D eigenvalue weighted by Gasteiger charge is 2.30. The Hall–Kier alpha value is -2.94. The van der Waals surface area contributed by atoms with Crippen molar-refractivity contribution in [2.45, 2.75) is 24.2 Å². The van der Waals surface area contributed by atoms with Gasteiger partial charge in [0, 0.05) is 38.5 Å². The maximum absolute atomic E-state index is 13.1. The van der Waals surface area contributed by atoms with Crippen molar-refractivity contribution in [1.29, 1.82) is 0 Å². The molecule has 1 fully saturated rings. The van der Waals surface area contributed by atoms with Crippen LogP contribution in [-0.2, 0) is 14.6 Å². The lowest BCUT2D eigenvalue weighted by atomic mass is 9.96. The number of benzene rings is 2. The average molecular weight is 477 g/mol. The fourth-order valence-corrected chi connectivity index (χ4v) is 4.50. The van der Waals surface area contributed by atoms with E-state index in [9.17, 15) is 22.4 Å². The van der Waals surface area contributed by atoms with Crippen molar-refractivity contribution < 1.29 is 27.1 Å². The fraction of sp³-hybridized carbons (Fsp3) is 0.417. The van der Waals surface area contributed by atoms with E-state index >= 15 is 0 Å². The lowest BCUT2D eigenvalue weighted by Crippen LogP contribution is -2.46. The Morgan fingerprint density at radius 3 is 2.61 bits per heavy atom. The van der Waals surface area contributed by atoms with Gasteiger partial charge in [0.2, 0.25) is 5.91 Å². The minimum absolute atomic E-state index is 0.0225. The molecule has 0 N–H and O–H groups in total. The number of rotatable bonds is 8. The zero-order valence-electron chi connectivity index (χ0n) is 18.9. The molecular formula is C24H29FN2O5S. The molecule has 0 bridgehead atoms. The standard InChI is InChI=1S/C24H29FN2O5S/c1-26(13-5-15-32-21-7-3-8-22(16-21)33(2,30)31)23(28)19-6-4-14-27(17-19)24(29)18-9-11-20(25)12-10-18/h3,7-12,16,19H,4-6,13-15,17H2,1-2H3. The van der Waals surface area contributed by atoms with E-state index in [1.165, 1.54) is 36.4 Å². The Labute approximate surface area is 194 Å². The summed E-state index contributed by atoms with van der Waals surface area (Å²) in [6, 6.07) is 11.8. The van der Waals surface area contributed by atoms with Gasteiger partial charge in [-0.25, -0.2) is 12.8 Å². The molecule has 1 aliphatic heterocycles. The van der Waals surface area contributed by atoms with Gasteiger partial charge in [-0.05, 0) is 61.7 Å². The van der Waals surface area contributed by atoms with E-state index in [1.807, 2.05) is 0 Å². The van der Waals surface area contributed by atoms with Crippen LogP contribution in [0.25, 0.3) is 0 Å². The Morgan fingerprint density at radius 2 is 1.91 bits per heavy atom. The molecule has 178 valence electrons. The predicted molar refractivity (Wildman–Crippen MR) is 122 cm³/mol. The Kier molecular flexibility index (Phi) is 8.07. The van der Waals surface area contributed by atoms with Gasteiger partial charge in [-0.3, -0.25) is 9.59 Å². The predicted octanol–water partition coefficient (Wildman–Crippen LogP) is 3.01. The second-order valence-electron chi connectivity index (χ2n) is 8.31. The molecule has 1 aliphatic rings. The van der Waals surface area contributed by atoms with Crippen molar-refractivity contribution in [3.8, 4) is 5.75 Å². The Morgan fingerprint density at radius 1 is 1.18 bits per heavy atom. The van der Waals surface area contributed by atoms with Gasteiger partial charge in [0.05, 0.1) is 17.4 Å². The number of halogens is 1. The van der Waals surface area contributed by atoms with Gasteiger partial charge >= 0.3 is 0 Å². The largest absolute Gasteiger partial charge is 0.493 e. The number of carbonyl (C=O) groups is 2. The summed E-state index contributed by atoms with van der Waals surface area (Å²) in [5.74, 6) is -0.424. The topological polar surface area (TPSA) is 84.0 Å². The maximum atomic E-state index is 13.1. The van der Waals surface area contributed by atoms with E-state index in [0.29, 0.717) is 50.4 Å². The monoisotopic (exact) mass is 476 g/mol. The number of carbonyl (C=O) groups excluding carboxylic acids is 2. The molecule has 1 saturated heterocycles. The maximum Gasteiger partial charge on any atom is 0.253 e. The minimum atomic E-state index is -3.30. The summed E-state index contributed by atoms with van der Waals surface area (Å²) in [7, 11) is -1.57. The number of amides is 2. The van der Waals surface area contributed by atoms with Crippen molar-refractivity contribution in [2.24, 2.45) is 5.92 Å². The zero-order valence-corrected chi connectivity index (χ0v) is 19.7. The summed E-state index contributed by atoms with van der Waals surface area (Å²) in [6.45, 7) is 1.73. The molecule has 0 saturated carbocycles. The molecule has 1 heterocycles. The minimum Gasteiger partial charge on any atom is -0.493 e. The normalized spacial score (nSPS) is 16.3. The molecule has 2 aromatic rings. The molecule has 0 radical (unpaired) electrons. The highest BCUT2D eigenvalue weighted by Crippen LogP contribution is 2.21. The summed E-state index contributed by atoms with van der Waals surface area (Å²) < 4.78 is 42.1. The number of piperidine rings is 1. The lowest BCUT2D eigenvalue weighted by molar-refractivity contribution is -0.135. The van der Waals surface area contributed by atoms with Gasteiger partial charge in [-0.15, -0.1) is 0 Å². The lowest BCUT2D eigenvalue weighted by Gasteiger charge is -2.34. The molecule has 9 heteroatoms. The van der Waals surface area contributed by atoms with Crippen LogP contribution in [0, 0.1) is 11.7 Å². The first-order chi connectivity index (χ1) is 15.6. The molecule has 7 nitrogen and oxygen atoms in total. The molecule has 1 unspecified atom stereocenters. The highest BCUT2D eigenvalue weighted by molar-refractivity contribution is 7.90. The van der Waals surface area contributed by atoms with Crippen LogP contribution in [-0.4, -0.2) is 69.6 Å². The number of hydrogen-bond acceptors (Lipinski definition) is 5. The summed E-state index contributed by atoms with van der Waals surface area (Å²) in [6.07, 6.45) is 3.17. The van der Waals surface area contributed by atoms with E-state index < -0.39 is 15.7 Å². The molecule has 33 heavy (non-hydrogen) atoms. The molecule has 3 rings (SSSR count). The first-order valence-electron chi connectivity index (χ1n) is 10.9. The molecule has 0 aromatic heterocycles. The van der Waals surface area contributed by atoms with Crippen LogP contribution in [0.3, 0.4) is 0 Å². The molecular weight excluding hydrogens is 447 g/mol. The van der Waals surface area contributed by atoms with E-state index in [4.69, 9.17) is 4.74 Å². The molecule has 0 aliphatic carbocycles. The summed E-state index contributed by atoms with van der Waals surface area (Å²) in [5.41, 5.74) is 0.412. The van der Waals surface area contributed by atoms with E-state index in [0.717, 1.165) is 12.7 Å². The van der Waals surface area contributed by atoms with Crippen molar-refractivity contribution in [3.63, 3.8) is 0 Å². The Balaban J connectivity index is 1.47. The number of likely N-dealkylation sites (tertiary alicyclic amines) is 1. The van der Waals surface area contributed by atoms with E-state index in [1.54, 1.807) is 29.0 Å². The van der Waals surface area contributed by atoms with Crippen LogP contribution in [0.4, 0.5) is 4.39 Å². The van der Waals surface area contributed by atoms with Gasteiger partial charge in [0.25, 0.3) is 5.91 Å². The van der Waals surface area contributed by atoms with Crippen molar-refractivity contribution in [1.82, 2.24) is 9.80 Å².